The molecule has 5 heteroatoms. The van der Waals surface area contributed by atoms with E-state index in [9.17, 15) is 14.4 Å². The fraction of sp³-hybridized carbons (Fsp3) is 0.545. The van der Waals surface area contributed by atoms with Crippen LogP contribution in [0.25, 0.3) is 0 Å². The van der Waals surface area contributed by atoms with E-state index < -0.39 is 22.9 Å². The van der Waals surface area contributed by atoms with Crippen molar-refractivity contribution in [2.24, 2.45) is 5.41 Å². The molecule has 0 aliphatic carbocycles. The first kappa shape index (κ1) is 14.3. The van der Waals surface area contributed by atoms with E-state index in [1.807, 2.05) is 0 Å². The standard InChI is InChI=1S/C11H16O5/c1-4-8(12)6-11(5-2,10(15)16)7(3)9(13)14/h3-6H2,1-2H3,(H,13,14)(H,15,16). The van der Waals surface area contributed by atoms with Crippen molar-refractivity contribution in [3.8, 4) is 0 Å². The Morgan fingerprint density at radius 3 is 1.94 bits per heavy atom. The summed E-state index contributed by atoms with van der Waals surface area (Å²) in [6.07, 6.45) is -0.110. The smallest absolute Gasteiger partial charge is 0.332 e. The molecule has 1 unspecified atom stereocenters. The molecule has 0 bridgehead atoms. The van der Waals surface area contributed by atoms with E-state index in [-0.39, 0.29) is 25.0 Å². The molecule has 0 amide bonds. The van der Waals surface area contributed by atoms with Crippen LogP contribution in [0.3, 0.4) is 0 Å². The molecule has 0 aromatic heterocycles. The minimum Gasteiger partial charge on any atom is -0.481 e. The van der Waals surface area contributed by atoms with Crippen LogP contribution in [-0.2, 0) is 14.4 Å². The van der Waals surface area contributed by atoms with E-state index in [0.29, 0.717) is 0 Å². The summed E-state index contributed by atoms with van der Waals surface area (Å²) < 4.78 is 0. The topological polar surface area (TPSA) is 91.7 Å². The zero-order chi connectivity index (χ0) is 12.9. The number of hydrogen-bond acceptors (Lipinski definition) is 3. The second-order valence-corrected chi connectivity index (χ2v) is 3.59. The van der Waals surface area contributed by atoms with Crippen LogP contribution in [-0.4, -0.2) is 27.9 Å². The minimum atomic E-state index is -1.68. The zero-order valence-corrected chi connectivity index (χ0v) is 9.45. The van der Waals surface area contributed by atoms with Gasteiger partial charge in [-0.3, -0.25) is 9.59 Å². The van der Waals surface area contributed by atoms with Crippen LogP contribution in [0.15, 0.2) is 12.2 Å². The molecule has 0 aliphatic heterocycles. The molecule has 0 heterocycles. The van der Waals surface area contributed by atoms with Gasteiger partial charge in [0.05, 0.1) is 0 Å². The summed E-state index contributed by atoms with van der Waals surface area (Å²) >= 11 is 0. The van der Waals surface area contributed by atoms with E-state index >= 15 is 0 Å². The fourth-order valence-electron chi connectivity index (χ4n) is 1.47. The summed E-state index contributed by atoms with van der Waals surface area (Å²) in [6.45, 7) is 6.41. The number of rotatable bonds is 7. The quantitative estimate of drug-likeness (QED) is 0.644. The van der Waals surface area contributed by atoms with E-state index in [4.69, 9.17) is 10.2 Å². The molecule has 0 aromatic carbocycles. The third-order valence-corrected chi connectivity index (χ3v) is 2.74. The van der Waals surface area contributed by atoms with Gasteiger partial charge < -0.3 is 10.2 Å². The summed E-state index contributed by atoms with van der Waals surface area (Å²) in [4.78, 5) is 33.3. The summed E-state index contributed by atoms with van der Waals surface area (Å²) in [5.41, 5.74) is -2.12. The molecule has 90 valence electrons. The predicted octanol–water partition coefficient (Wildman–Crippen LogP) is 1.48. The lowest BCUT2D eigenvalue weighted by atomic mass is 9.74. The van der Waals surface area contributed by atoms with Gasteiger partial charge in [-0.2, -0.15) is 0 Å². The highest BCUT2D eigenvalue weighted by Crippen LogP contribution is 2.35. The van der Waals surface area contributed by atoms with Crippen molar-refractivity contribution in [3.63, 3.8) is 0 Å². The maximum atomic E-state index is 11.3. The number of Topliss-reactive ketones (excluding diaryl/α,β-unsaturated/α-hetero) is 1. The van der Waals surface area contributed by atoms with Gasteiger partial charge in [0.25, 0.3) is 0 Å². The molecule has 0 saturated carbocycles. The van der Waals surface area contributed by atoms with E-state index in [1.54, 1.807) is 6.92 Å². The van der Waals surface area contributed by atoms with Crippen LogP contribution in [0.5, 0.6) is 0 Å². The molecule has 0 fully saturated rings. The molecule has 0 aromatic rings. The maximum Gasteiger partial charge on any atom is 0.332 e. The Balaban J connectivity index is 5.32. The third kappa shape index (κ3) is 2.68. The maximum absolute atomic E-state index is 11.3. The van der Waals surface area contributed by atoms with Crippen molar-refractivity contribution >= 4 is 17.7 Å². The van der Waals surface area contributed by atoms with Gasteiger partial charge in [0, 0.05) is 18.4 Å². The van der Waals surface area contributed by atoms with Crippen LogP contribution in [0.2, 0.25) is 0 Å². The lowest BCUT2D eigenvalue weighted by molar-refractivity contribution is -0.152. The molecule has 0 spiro atoms. The van der Waals surface area contributed by atoms with Gasteiger partial charge >= 0.3 is 11.9 Å². The number of carbonyl (C=O) groups is 3. The highest BCUT2D eigenvalue weighted by Gasteiger charge is 2.44. The van der Waals surface area contributed by atoms with Crippen molar-refractivity contribution in [3.05, 3.63) is 12.2 Å². The normalized spacial score (nSPS) is 13.9. The predicted molar refractivity (Wildman–Crippen MR) is 57.1 cm³/mol. The molecular formula is C11H16O5. The largest absolute Gasteiger partial charge is 0.481 e. The van der Waals surface area contributed by atoms with Crippen molar-refractivity contribution in [2.45, 2.75) is 33.1 Å². The van der Waals surface area contributed by atoms with Crippen LogP contribution in [0.4, 0.5) is 0 Å². The summed E-state index contributed by atoms with van der Waals surface area (Å²) in [5.74, 6) is -2.98. The van der Waals surface area contributed by atoms with Crippen molar-refractivity contribution in [1.29, 1.82) is 0 Å². The first-order valence-corrected chi connectivity index (χ1v) is 4.99. The Bertz CT molecular complexity index is 331. The van der Waals surface area contributed by atoms with Gasteiger partial charge in [0.1, 0.15) is 11.2 Å². The second kappa shape index (κ2) is 5.44. The van der Waals surface area contributed by atoms with Crippen molar-refractivity contribution in [2.75, 3.05) is 0 Å². The highest BCUT2D eigenvalue weighted by atomic mass is 16.4. The SMILES string of the molecule is C=C(C(=O)O)C(CC)(CC(=O)CC)C(=O)O. The zero-order valence-electron chi connectivity index (χ0n) is 9.45. The molecule has 0 radical (unpaired) electrons. The first-order valence-electron chi connectivity index (χ1n) is 4.99. The number of carboxylic acid groups (broad SMARTS) is 2. The summed E-state index contributed by atoms with van der Waals surface area (Å²) in [7, 11) is 0. The Morgan fingerprint density at radius 2 is 1.69 bits per heavy atom. The van der Waals surface area contributed by atoms with Gasteiger partial charge in [-0.15, -0.1) is 0 Å². The Morgan fingerprint density at radius 1 is 1.19 bits per heavy atom. The molecule has 1 atom stereocenters. The number of aliphatic carboxylic acids is 2. The van der Waals surface area contributed by atoms with Crippen molar-refractivity contribution < 1.29 is 24.6 Å². The molecular weight excluding hydrogens is 212 g/mol. The molecule has 0 rings (SSSR count). The molecule has 2 N–H and O–H groups in total. The van der Waals surface area contributed by atoms with E-state index in [0.717, 1.165) is 0 Å². The molecule has 16 heavy (non-hydrogen) atoms. The van der Waals surface area contributed by atoms with Gasteiger partial charge in [0.2, 0.25) is 0 Å². The average molecular weight is 228 g/mol. The Hall–Kier alpha value is -1.65. The first-order chi connectivity index (χ1) is 7.31. The summed E-state index contributed by atoms with van der Waals surface area (Å²) in [6, 6.07) is 0. The average Bonchev–Trinajstić information content (AvgIpc) is 2.23. The lowest BCUT2D eigenvalue weighted by Gasteiger charge is -2.27. The number of carbonyl (C=O) groups excluding carboxylic acids is 1. The van der Waals surface area contributed by atoms with Crippen LogP contribution in [0.1, 0.15) is 33.1 Å². The van der Waals surface area contributed by atoms with E-state index in [1.165, 1.54) is 6.92 Å². The lowest BCUT2D eigenvalue weighted by Crippen LogP contribution is -2.37. The monoisotopic (exact) mass is 228 g/mol. The van der Waals surface area contributed by atoms with E-state index in [2.05, 4.69) is 6.58 Å². The molecule has 0 saturated heterocycles. The summed E-state index contributed by atoms with van der Waals surface area (Å²) in [5, 5.41) is 17.9. The van der Waals surface area contributed by atoms with Crippen LogP contribution >= 0.6 is 0 Å². The molecule has 0 aliphatic rings. The van der Waals surface area contributed by atoms with Crippen molar-refractivity contribution in [1.82, 2.24) is 0 Å². The molecule has 5 nitrogen and oxygen atoms in total. The van der Waals surface area contributed by atoms with Crippen LogP contribution in [0, 0.1) is 5.41 Å². The second-order valence-electron chi connectivity index (χ2n) is 3.59. The Labute approximate surface area is 93.8 Å². The van der Waals surface area contributed by atoms with Gasteiger partial charge in [0.15, 0.2) is 0 Å². The van der Waals surface area contributed by atoms with Gasteiger partial charge in [-0.25, -0.2) is 4.79 Å². The fourth-order valence-corrected chi connectivity index (χ4v) is 1.47. The van der Waals surface area contributed by atoms with Gasteiger partial charge in [-0.1, -0.05) is 20.4 Å². The van der Waals surface area contributed by atoms with Gasteiger partial charge in [-0.05, 0) is 6.42 Å². The third-order valence-electron chi connectivity index (χ3n) is 2.74. The number of hydrogen-bond donors (Lipinski definition) is 2. The highest BCUT2D eigenvalue weighted by molar-refractivity contribution is 5.99. The number of ketones is 1. The minimum absolute atomic E-state index is 0.0270. The van der Waals surface area contributed by atoms with Crippen LogP contribution < -0.4 is 0 Å². The number of carboxylic acids is 2. The Kier molecular flexibility index (Phi) is 4.88.